The van der Waals surface area contributed by atoms with Crippen LogP contribution >= 0.6 is 0 Å². The van der Waals surface area contributed by atoms with Crippen LogP contribution in [-0.4, -0.2) is 29.5 Å². The van der Waals surface area contributed by atoms with Gasteiger partial charge in [-0.2, -0.15) is 10.2 Å². The molecule has 0 saturated heterocycles. The Balaban J connectivity index is 0.00000117. The number of aromatic nitrogens is 6. The van der Waals surface area contributed by atoms with Crippen molar-refractivity contribution in [3.8, 4) is 11.3 Å². The maximum Gasteiger partial charge on any atom is 0.266 e. The van der Waals surface area contributed by atoms with Crippen LogP contribution in [0.25, 0.3) is 22.3 Å². The first-order chi connectivity index (χ1) is 14.0. The second-order valence-electron chi connectivity index (χ2n) is 6.44. The van der Waals surface area contributed by atoms with Crippen LogP contribution in [-0.2, 0) is 7.05 Å². The van der Waals surface area contributed by atoms with Gasteiger partial charge in [0.2, 0.25) is 0 Å². The van der Waals surface area contributed by atoms with Gasteiger partial charge in [0.25, 0.3) is 5.56 Å². The molecule has 0 aliphatic rings. The highest BCUT2D eigenvalue weighted by atomic mass is 16.1. The van der Waals surface area contributed by atoms with Crippen LogP contribution in [0.5, 0.6) is 0 Å². The number of nitrogens with two attached hydrogens (primary N) is 1. The minimum Gasteiger partial charge on any atom is -0.383 e. The zero-order valence-corrected chi connectivity index (χ0v) is 17.3. The van der Waals surface area contributed by atoms with E-state index in [0.717, 1.165) is 27.9 Å². The lowest BCUT2D eigenvalue weighted by molar-refractivity contribution is 0.566. The van der Waals surface area contributed by atoms with Crippen LogP contribution in [0.1, 0.15) is 38.1 Å². The molecule has 0 amide bonds. The number of nitrogen functional groups attached to an aromatic ring is 1. The normalized spacial score (nSPS) is 11.8. The molecule has 2 N–H and O–H groups in total. The highest BCUT2D eigenvalue weighted by Gasteiger charge is 2.22. The first-order valence-corrected chi connectivity index (χ1v) is 9.56. The van der Waals surface area contributed by atoms with Crippen LogP contribution in [0, 0.1) is 6.92 Å². The van der Waals surface area contributed by atoms with Crippen LogP contribution in [0.4, 0.5) is 5.82 Å². The Bertz CT molecular complexity index is 1200. The maximum atomic E-state index is 12.3. The third kappa shape index (κ3) is 3.61. The average Bonchev–Trinajstić information content (AvgIpc) is 3.09. The Labute approximate surface area is 169 Å². The monoisotopic (exact) mass is 391 g/mol. The fraction of sp³-hybridized carbons (Fsp3) is 0.286. The Kier molecular flexibility index (Phi) is 5.72. The van der Waals surface area contributed by atoms with Crippen molar-refractivity contribution in [2.24, 2.45) is 7.05 Å². The van der Waals surface area contributed by atoms with Crippen molar-refractivity contribution in [2.45, 2.75) is 33.7 Å². The van der Waals surface area contributed by atoms with Crippen LogP contribution < -0.4 is 11.3 Å². The van der Waals surface area contributed by atoms with E-state index in [4.69, 9.17) is 5.73 Å². The summed E-state index contributed by atoms with van der Waals surface area (Å²) in [5.74, 6) is 0.390. The summed E-state index contributed by atoms with van der Waals surface area (Å²) in [5.41, 5.74) is 9.63. The molecular weight excluding hydrogens is 366 g/mol. The van der Waals surface area contributed by atoms with Crippen molar-refractivity contribution >= 4 is 16.9 Å². The molecule has 3 heterocycles. The van der Waals surface area contributed by atoms with Crippen molar-refractivity contribution in [3.05, 3.63) is 64.3 Å². The largest absolute Gasteiger partial charge is 0.383 e. The molecule has 1 atom stereocenters. The average molecular weight is 391 g/mol. The zero-order chi connectivity index (χ0) is 21.1. The molecule has 0 bridgehead atoms. The summed E-state index contributed by atoms with van der Waals surface area (Å²) in [6, 6.07) is 11.1. The van der Waals surface area contributed by atoms with Gasteiger partial charge < -0.3 is 5.73 Å². The second kappa shape index (κ2) is 8.22. The lowest BCUT2D eigenvalue weighted by Gasteiger charge is -2.17. The van der Waals surface area contributed by atoms with E-state index in [-0.39, 0.29) is 11.6 Å². The summed E-state index contributed by atoms with van der Waals surface area (Å²) in [6.45, 7) is 7.83. The van der Waals surface area contributed by atoms with E-state index < -0.39 is 0 Å². The molecule has 8 nitrogen and oxygen atoms in total. The van der Waals surface area contributed by atoms with Gasteiger partial charge in [-0.05, 0) is 13.8 Å². The van der Waals surface area contributed by atoms with Gasteiger partial charge in [-0.3, -0.25) is 4.79 Å². The Hall–Kier alpha value is -3.55. The predicted octanol–water partition coefficient (Wildman–Crippen LogP) is 3.11. The van der Waals surface area contributed by atoms with E-state index in [1.165, 1.54) is 11.0 Å². The molecule has 0 aliphatic heterocycles. The van der Waals surface area contributed by atoms with Gasteiger partial charge in [-0.15, -0.1) is 0 Å². The molecule has 1 aromatic carbocycles. The summed E-state index contributed by atoms with van der Waals surface area (Å²) >= 11 is 0. The van der Waals surface area contributed by atoms with E-state index >= 15 is 0 Å². The number of nitrogens with zero attached hydrogens (tertiary/aromatic N) is 6. The van der Waals surface area contributed by atoms with Crippen molar-refractivity contribution in [1.29, 1.82) is 0 Å². The zero-order valence-electron chi connectivity index (χ0n) is 17.3. The molecule has 1 unspecified atom stereocenters. The molecule has 8 heteroatoms. The number of anilines is 1. The minimum absolute atomic E-state index is 0.182. The molecule has 29 heavy (non-hydrogen) atoms. The lowest BCUT2D eigenvalue weighted by Crippen LogP contribution is -2.23. The molecule has 0 aliphatic carbocycles. The summed E-state index contributed by atoms with van der Waals surface area (Å²) in [6.07, 6.45) is 1.42. The smallest absolute Gasteiger partial charge is 0.266 e. The summed E-state index contributed by atoms with van der Waals surface area (Å²) in [4.78, 5) is 20.7. The number of fused-ring (bicyclic) bond motifs is 1. The topological polar surface area (TPSA) is 105 Å². The highest BCUT2D eigenvalue weighted by Crippen LogP contribution is 2.30. The predicted molar refractivity (Wildman–Crippen MR) is 115 cm³/mol. The van der Waals surface area contributed by atoms with Crippen molar-refractivity contribution < 1.29 is 0 Å². The quantitative estimate of drug-likeness (QED) is 0.575. The molecule has 0 radical (unpaired) electrons. The maximum absolute atomic E-state index is 12.3. The van der Waals surface area contributed by atoms with Crippen molar-refractivity contribution in [2.75, 3.05) is 5.73 Å². The molecular formula is C21H25N7O. The van der Waals surface area contributed by atoms with Gasteiger partial charge in [0.1, 0.15) is 12.1 Å². The number of rotatable bonds is 3. The van der Waals surface area contributed by atoms with Crippen LogP contribution in [0.3, 0.4) is 0 Å². The first-order valence-electron chi connectivity index (χ1n) is 9.56. The number of aryl methyl sites for hydroxylation is 2. The highest BCUT2D eigenvalue weighted by molar-refractivity contribution is 5.88. The van der Waals surface area contributed by atoms with Gasteiger partial charge in [0, 0.05) is 24.2 Å². The van der Waals surface area contributed by atoms with E-state index in [9.17, 15) is 4.79 Å². The van der Waals surface area contributed by atoms with E-state index in [1.54, 1.807) is 17.8 Å². The lowest BCUT2D eigenvalue weighted by atomic mass is 10.0. The number of benzene rings is 1. The Morgan fingerprint density at radius 2 is 1.76 bits per heavy atom. The van der Waals surface area contributed by atoms with Gasteiger partial charge in [0.05, 0.1) is 22.8 Å². The first kappa shape index (κ1) is 20.2. The molecule has 150 valence electrons. The van der Waals surface area contributed by atoms with E-state index in [2.05, 4.69) is 20.2 Å². The third-order valence-electron chi connectivity index (χ3n) is 4.68. The van der Waals surface area contributed by atoms with Gasteiger partial charge in [0.15, 0.2) is 5.65 Å². The summed E-state index contributed by atoms with van der Waals surface area (Å²) < 4.78 is 3.11. The molecule has 0 saturated carbocycles. The number of hydrogen-bond donors (Lipinski definition) is 1. The third-order valence-corrected chi connectivity index (χ3v) is 4.68. The van der Waals surface area contributed by atoms with Crippen molar-refractivity contribution in [3.63, 3.8) is 0 Å². The standard InChI is InChI=1S/C19H19N7O.C2H6/c1-11-16-18(20)21-10-22-19(16)26(23-11)12(2)14-9-15(27)25(3)24-17(14)13-7-5-4-6-8-13;1-2/h4-10,12H,1-3H3,(H2,20,21,22);1-2H3. The van der Waals surface area contributed by atoms with E-state index in [0.29, 0.717) is 11.5 Å². The van der Waals surface area contributed by atoms with Crippen LogP contribution in [0.15, 0.2) is 47.5 Å². The molecule has 4 rings (SSSR count). The summed E-state index contributed by atoms with van der Waals surface area (Å²) in [7, 11) is 1.64. The SMILES string of the molecule is CC.Cc1nn(C(C)c2cc(=O)n(C)nc2-c2ccccc2)c2ncnc(N)c12. The molecule has 0 spiro atoms. The van der Waals surface area contributed by atoms with Gasteiger partial charge in [-0.25, -0.2) is 19.3 Å². The summed E-state index contributed by atoms with van der Waals surface area (Å²) in [5, 5.41) is 9.84. The van der Waals surface area contributed by atoms with E-state index in [1.807, 2.05) is 58.0 Å². The van der Waals surface area contributed by atoms with Crippen molar-refractivity contribution in [1.82, 2.24) is 29.5 Å². The fourth-order valence-electron chi connectivity index (χ4n) is 3.26. The van der Waals surface area contributed by atoms with Gasteiger partial charge >= 0.3 is 0 Å². The molecule has 0 fully saturated rings. The Morgan fingerprint density at radius 3 is 2.45 bits per heavy atom. The molecule has 3 aromatic heterocycles. The molecule has 4 aromatic rings. The van der Waals surface area contributed by atoms with Crippen LogP contribution in [0.2, 0.25) is 0 Å². The number of hydrogen-bond acceptors (Lipinski definition) is 6. The second-order valence-corrected chi connectivity index (χ2v) is 6.44. The minimum atomic E-state index is -0.271. The Morgan fingerprint density at radius 1 is 1.07 bits per heavy atom. The van der Waals surface area contributed by atoms with Gasteiger partial charge in [-0.1, -0.05) is 44.2 Å². The fourth-order valence-corrected chi connectivity index (χ4v) is 3.26.